The number of nitrogens with one attached hydrogen (secondary N) is 1. The van der Waals surface area contributed by atoms with Gasteiger partial charge in [0.05, 0.1) is 17.2 Å². The molecule has 0 saturated heterocycles. The third-order valence-electron chi connectivity index (χ3n) is 4.17. The molecule has 9 heteroatoms. The number of hydrogen-bond donors (Lipinski definition) is 2. The zero-order chi connectivity index (χ0) is 20.0. The highest BCUT2D eigenvalue weighted by molar-refractivity contribution is 5.83. The van der Waals surface area contributed by atoms with Gasteiger partial charge in [0, 0.05) is 33.0 Å². The Bertz CT molecular complexity index is 908. The minimum absolute atomic E-state index is 0.0579. The van der Waals surface area contributed by atoms with E-state index < -0.39 is 17.9 Å². The molecule has 0 spiro atoms. The van der Waals surface area contributed by atoms with Gasteiger partial charge in [0.2, 0.25) is 11.8 Å². The number of aliphatic carboxylic acids is 1. The second kappa shape index (κ2) is 8.93. The number of rotatable bonds is 8. The van der Waals surface area contributed by atoms with Crippen molar-refractivity contribution in [3.8, 4) is 0 Å². The van der Waals surface area contributed by atoms with Crippen molar-refractivity contribution in [1.29, 1.82) is 0 Å². The first-order valence-electron chi connectivity index (χ1n) is 8.52. The fraction of sp³-hybridized carbons (Fsp3) is 0.389. The molecular weight excluding hydrogens is 352 g/mol. The van der Waals surface area contributed by atoms with Crippen molar-refractivity contribution in [2.24, 2.45) is 0 Å². The highest BCUT2D eigenvalue weighted by Gasteiger charge is 2.25. The number of nitrogens with zero attached hydrogens (tertiary/aromatic N) is 3. The lowest BCUT2D eigenvalue weighted by atomic mass is 10.2. The summed E-state index contributed by atoms with van der Waals surface area (Å²) in [6.07, 6.45) is 1.32. The Hall–Kier alpha value is -3.23. The molecule has 144 valence electrons. The maximum absolute atomic E-state index is 12.5. The van der Waals surface area contributed by atoms with E-state index in [1.165, 1.54) is 29.6 Å². The summed E-state index contributed by atoms with van der Waals surface area (Å²) in [5.41, 5.74) is 0.311. The summed E-state index contributed by atoms with van der Waals surface area (Å²) in [6.45, 7) is 3.04. The van der Waals surface area contributed by atoms with E-state index in [1.807, 2.05) is 0 Å². The third kappa shape index (κ3) is 5.13. The van der Waals surface area contributed by atoms with Gasteiger partial charge >= 0.3 is 5.97 Å². The van der Waals surface area contributed by atoms with E-state index >= 15 is 0 Å². The molecule has 0 aliphatic heterocycles. The third-order valence-corrected chi connectivity index (χ3v) is 4.17. The van der Waals surface area contributed by atoms with Crippen LogP contribution in [0.5, 0.6) is 0 Å². The van der Waals surface area contributed by atoms with Crippen LogP contribution in [0, 0.1) is 0 Å². The summed E-state index contributed by atoms with van der Waals surface area (Å²) < 4.78 is 1.33. The predicted octanol–water partition coefficient (Wildman–Crippen LogP) is 0.224. The van der Waals surface area contributed by atoms with Gasteiger partial charge in [-0.1, -0.05) is 12.1 Å². The quantitative estimate of drug-likeness (QED) is 0.682. The van der Waals surface area contributed by atoms with Crippen molar-refractivity contribution in [3.05, 3.63) is 40.9 Å². The van der Waals surface area contributed by atoms with E-state index in [4.69, 9.17) is 0 Å². The van der Waals surface area contributed by atoms with E-state index in [1.54, 1.807) is 24.3 Å². The highest BCUT2D eigenvalue weighted by atomic mass is 16.4. The molecule has 0 saturated carbocycles. The fourth-order valence-corrected chi connectivity index (χ4v) is 2.65. The van der Waals surface area contributed by atoms with E-state index in [-0.39, 0.29) is 37.5 Å². The summed E-state index contributed by atoms with van der Waals surface area (Å²) in [6, 6.07) is 5.86. The molecule has 0 bridgehead atoms. The van der Waals surface area contributed by atoms with Gasteiger partial charge in [-0.15, -0.1) is 0 Å². The molecule has 1 aromatic carbocycles. The molecule has 0 aliphatic carbocycles. The summed E-state index contributed by atoms with van der Waals surface area (Å²) in [5, 5.41) is 12.2. The maximum atomic E-state index is 12.5. The zero-order valence-corrected chi connectivity index (χ0v) is 15.2. The Balaban J connectivity index is 2.10. The Morgan fingerprint density at radius 3 is 2.67 bits per heavy atom. The molecular formula is C18H22N4O5. The van der Waals surface area contributed by atoms with Crippen LogP contribution in [0.15, 0.2) is 35.4 Å². The first-order valence-corrected chi connectivity index (χ1v) is 8.52. The van der Waals surface area contributed by atoms with Crippen LogP contribution in [0.1, 0.15) is 20.3 Å². The van der Waals surface area contributed by atoms with Gasteiger partial charge in [-0.05, 0) is 19.1 Å². The molecule has 27 heavy (non-hydrogen) atoms. The molecule has 2 aromatic rings. The van der Waals surface area contributed by atoms with Crippen LogP contribution in [0.3, 0.4) is 0 Å². The summed E-state index contributed by atoms with van der Waals surface area (Å²) >= 11 is 0. The Morgan fingerprint density at radius 1 is 1.30 bits per heavy atom. The number of benzene rings is 1. The average molecular weight is 374 g/mol. The Labute approximate surface area is 155 Å². The van der Waals surface area contributed by atoms with Crippen molar-refractivity contribution in [3.63, 3.8) is 0 Å². The van der Waals surface area contributed by atoms with Crippen LogP contribution < -0.4 is 10.9 Å². The fourth-order valence-electron chi connectivity index (χ4n) is 2.65. The van der Waals surface area contributed by atoms with Crippen LogP contribution in [0.4, 0.5) is 0 Å². The summed E-state index contributed by atoms with van der Waals surface area (Å²) in [7, 11) is 0. The molecule has 0 fully saturated rings. The van der Waals surface area contributed by atoms with Crippen LogP contribution >= 0.6 is 0 Å². The molecule has 0 radical (unpaired) electrons. The standard InChI is InChI=1S/C18H22N4O5/c1-12(18(26)27)22(10-8-19-13(2)23)16(24)7-9-21-11-20-15-6-4-3-5-14(15)17(21)25/h3-6,11-12H,7-10H2,1-2H3,(H,19,23)(H,26,27). The maximum Gasteiger partial charge on any atom is 0.326 e. The number of aryl methyl sites for hydroxylation is 1. The van der Waals surface area contributed by atoms with E-state index in [9.17, 15) is 24.3 Å². The summed E-state index contributed by atoms with van der Waals surface area (Å²) in [4.78, 5) is 52.6. The molecule has 2 rings (SSSR count). The molecule has 9 nitrogen and oxygen atoms in total. The van der Waals surface area contributed by atoms with Crippen molar-refractivity contribution in [2.45, 2.75) is 32.9 Å². The molecule has 1 aromatic heterocycles. The molecule has 1 atom stereocenters. The Kier molecular flexibility index (Phi) is 6.64. The lowest BCUT2D eigenvalue weighted by Crippen LogP contribution is -2.47. The van der Waals surface area contributed by atoms with E-state index in [2.05, 4.69) is 10.3 Å². The lowest BCUT2D eigenvalue weighted by Gasteiger charge is -2.26. The normalized spacial score (nSPS) is 11.8. The molecule has 2 amide bonds. The number of fused-ring (bicyclic) bond motifs is 1. The minimum atomic E-state index is -1.14. The van der Waals surface area contributed by atoms with E-state index in [0.717, 1.165) is 0 Å². The molecule has 1 heterocycles. The van der Waals surface area contributed by atoms with Crippen LogP contribution in [-0.2, 0) is 20.9 Å². The van der Waals surface area contributed by atoms with Gasteiger partial charge in [-0.25, -0.2) is 9.78 Å². The van der Waals surface area contributed by atoms with Crippen molar-refractivity contribution in [1.82, 2.24) is 19.8 Å². The smallest absolute Gasteiger partial charge is 0.326 e. The van der Waals surface area contributed by atoms with E-state index in [0.29, 0.717) is 10.9 Å². The zero-order valence-electron chi connectivity index (χ0n) is 15.2. The van der Waals surface area contributed by atoms with Gasteiger partial charge < -0.3 is 15.3 Å². The highest BCUT2D eigenvalue weighted by Crippen LogP contribution is 2.07. The van der Waals surface area contributed by atoms with Gasteiger partial charge in [0.1, 0.15) is 6.04 Å². The van der Waals surface area contributed by atoms with Gasteiger partial charge in [0.15, 0.2) is 0 Å². The second-order valence-corrected chi connectivity index (χ2v) is 6.09. The summed E-state index contributed by atoms with van der Waals surface area (Å²) in [5.74, 6) is -1.83. The van der Waals surface area contributed by atoms with Gasteiger partial charge in [-0.2, -0.15) is 0 Å². The molecule has 2 N–H and O–H groups in total. The molecule has 1 unspecified atom stereocenters. The van der Waals surface area contributed by atoms with Crippen molar-refractivity contribution >= 4 is 28.7 Å². The number of carbonyl (C=O) groups is 3. The van der Waals surface area contributed by atoms with Crippen molar-refractivity contribution in [2.75, 3.05) is 13.1 Å². The van der Waals surface area contributed by atoms with Crippen LogP contribution in [0.2, 0.25) is 0 Å². The SMILES string of the molecule is CC(=O)NCCN(C(=O)CCn1cnc2ccccc2c1=O)C(C)C(=O)O. The predicted molar refractivity (Wildman–Crippen MR) is 98.1 cm³/mol. The Morgan fingerprint density at radius 2 is 2.00 bits per heavy atom. The topological polar surface area (TPSA) is 122 Å². The minimum Gasteiger partial charge on any atom is -0.480 e. The number of carboxylic acid groups (broad SMARTS) is 1. The number of para-hydroxylation sites is 1. The first kappa shape index (κ1) is 20.1. The number of hydrogen-bond acceptors (Lipinski definition) is 5. The van der Waals surface area contributed by atoms with Gasteiger partial charge in [0.25, 0.3) is 5.56 Å². The number of carbonyl (C=O) groups excluding carboxylic acids is 2. The number of aromatic nitrogens is 2. The number of carboxylic acids is 1. The monoisotopic (exact) mass is 374 g/mol. The van der Waals surface area contributed by atoms with Gasteiger partial charge in [-0.3, -0.25) is 19.0 Å². The number of amides is 2. The average Bonchev–Trinajstić information content (AvgIpc) is 2.64. The van der Waals surface area contributed by atoms with Crippen LogP contribution in [0.25, 0.3) is 10.9 Å². The first-order chi connectivity index (χ1) is 12.8. The lowest BCUT2D eigenvalue weighted by molar-refractivity contribution is -0.149. The largest absolute Gasteiger partial charge is 0.480 e. The van der Waals surface area contributed by atoms with Crippen LogP contribution in [-0.4, -0.2) is 56.5 Å². The molecule has 0 aliphatic rings. The van der Waals surface area contributed by atoms with Crippen molar-refractivity contribution < 1.29 is 19.5 Å². The second-order valence-electron chi connectivity index (χ2n) is 6.09.